The van der Waals surface area contributed by atoms with E-state index in [1.54, 1.807) is 0 Å². The zero-order valence-corrected chi connectivity index (χ0v) is 10.8. The topological polar surface area (TPSA) is 43.4 Å². The smallest absolute Gasteiger partial charge is 0.207 e. The van der Waals surface area contributed by atoms with Gasteiger partial charge in [0.25, 0.3) is 0 Å². The zero-order valence-electron chi connectivity index (χ0n) is 9.87. The molecule has 0 spiro atoms. The first kappa shape index (κ1) is 14.4. The molecule has 0 aromatic carbocycles. The highest BCUT2D eigenvalue weighted by Crippen LogP contribution is 2.41. The third-order valence-electron chi connectivity index (χ3n) is 2.09. The normalized spacial score (nSPS) is 16.0. The van der Waals surface area contributed by atoms with Gasteiger partial charge in [-0.25, -0.2) is 0 Å². The molecule has 4 heteroatoms. The maximum absolute atomic E-state index is 11.6. The molecule has 0 N–H and O–H groups in total. The number of ketones is 1. The molecule has 3 nitrogen and oxygen atoms in total. The average molecular weight is 230 g/mol. The van der Waals surface area contributed by atoms with Gasteiger partial charge in [0.2, 0.25) is 7.37 Å². The van der Waals surface area contributed by atoms with Crippen molar-refractivity contribution in [3.05, 3.63) is 0 Å². The van der Waals surface area contributed by atoms with Gasteiger partial charge in [0.1, 0.15) is 5.78 Å². The highest BCUT2D eigenvalue weighted by molar-refractivity contribution is 7.59. The minimum atomic E-state index is -2.72. The van der Waals surface area contributed by atoms with E-state index in [0.717, 1.165) is 6.42 Å². The van der Waals surface area contributed by atoms with Crippen LogP contribution in [0.5, 0.6) is 0 Å². The fourth-order valence-corrected chi connectivity index (χ4v) is 1.97. The number of hydrogen-bond acceptors (Lipinski definition) is 3. The van der Waals surface area contributed by atoms with Gasteiger partial charge in [-0.1, -0.05) is 13.8 Å². The van der Waals surface area contributed by atoms with Gasteiger partial charge < -0.3 is 4.52 Å². The fourth-order valence-electron chi connectivity index (χ4n) is 0.968. The van der Waals surface area contributed by atoms with Crippen LogP contribution in [0.1, 0.15) is 26.7 Å². The van der Waals surface area contributed by atoms with Crippen molar-refractivity contribution < 1.29 is 13.9 Å². The first-order chi connectivity index (χ1) is 6.93. The molecule has 0 aliphatic heterocycles. The fraction of sp³-hybridized carbons (Fsp3) is 0.727. The van der Waals surface area contributed by atoms with E-state index in [1.807, 2.05) is 13.8 Å². The number of hydrogen-bond donors (Lipinski definition) is 0. The summed E-state index contributed by atoms with van der Waals surface area (Å²) in [5, 5.41) is 0. The van der Waals surface area contributed by atoms with E-state index >= 15 is 0 Å². The zero-order chi connectivity index (χ0) is 11.9. The Bertz CT molecular complexity index is 312. The van der Waals surface area contributed by atoms with Crippen molar-refractivity contribution in [3.63, 3.8) is 0 Å². The van der Waals surface area contributed by atoms with Gasteiger partial charge in [-0.15, -0.1) is 11.8 Å². The lowest BCUT2D eigenvalue weighted by molar-refractivity contribution is -0.119. The summed E-state index contributed by atoms with van der Waals surface area (Å²) in [5.74, 6) is 5.63. The molecule has 0 radical (unpaired) electrons. The van der Waals surface area contributed by atoms with Crippen LogP contribution in [0.2, 0.25) is 0 Å². The van der Waals surface area contributed by atoms with Crippen molar-refractivity contribution in [2.45, 2.75) is 26.7 Å². The van der Waals surface area contributed by atoms with Gasteiger partial charge >= 0.3 is 0 Å². The lowest BCUT2D eigenvalue weighted by Crippen LogP contribution is -2.15. The van der Waals surface area contributed by atoms with Crippen LogP contribution in [0.15, 0.2) is 0 Å². The number of rotatable bonds is 5. The molecule has 0 aliphatic carbocycles. The van der Waals surface area contributed by atoms with Crippen LogP contribution in [0.25, 0.3) is 0 Å². The van der Waals surface area contributed by atoms with E-state index in [-0.39, 0.29) is 17.9 Å². The van der Waals surface area contributed by atoms with Crippen LogP contribution in [-0.2, 0) is 13.9 Å². The Morgan fingerprint density at radius 1 is 1.47 bits per heavy atom. The molecule has 0 bridgehead atoms. The number of carbonyl (C=O) groups is 1. The van der Waals surface area contributed by atoms with Crippen molar-refractivity contribution >= 4 is 13.2 Å². The Hall–Kier alpha value is -0.580. The predicted molar refractivity (Wildman–Crippen MR) is 62.3 cm³/mol. The summed E-state index contributed by atoms with van der Waals surface area (Å²) in [5.41, 5.74) is 0. The quantitative estimate of drug-likeness (QED) is 0.538. The van der Waals surface area contributed by atoms with Gasteiger partial charge in [0.15, 0.2) is 0 Å². The van der Waals surface area contributed by atoms with E-state index in [4.69, 9.17) is 4.52 Å². The minimum absolute atomic E-state index is 0.0124. The van der Waals surface area contributed by atoms with Crippen LogP contribution in [0.4, 0.5) is 0 Å². The van der Waals surface area contributed by atoms with Crippen molar-refractivity contribution in [3.8, 4) is 11.8 Å². The first-order valence-electron chi connectivity index (χ1n) is 5.03. The monoisotopic (exact) mass is 230 g/mol. The Morgan fingerprint density at radius 3 is 2.53 bits per heavy atom. The largest absolute Gasteiger partial charge is 0.332 e. The highest BCUT2D eigenvalue weighted by atomic mass is 31.2. The molecular formula is C11H19O3P. The second-order valence-electron chi connectivity index (χ2n) is 3.63. The lowest BCUT2D eigenvalue weighted by Gasteiger charge is -2.12. The maximum atomic E-state index is 11.6. The summed E-state index contributed by atoms with van der Waals surface area (Å²) >= 11 is 0. The molecule has 0 heterocycles. The summed E-state index contributed by atoms with van der Waals surface area (Å²) < 4.78 is 16.3. The molecule has 0 aliphatic rings. The summed E-state index contributed by atoms with van der Waals surface area (Å²) in [6.45, 7) is 5.25. The second-order valence-corrected chi connectivity index (χ2v) is 6.34. The van der Waals surface area contributed by atoms with Crippen LogP contribution in [0.3, 0.4) is 0 Å². The number of carbonyl (C=O) groups excluding carboxylic acids is 1. The van der Waals surface area contributed by atoms with E-state index in [2.05, 4.69) is 11.8 Å². The summed E-state index contributed by atoms with van der Waals surface area (Å²) in [4.78, 5) is 11.6. The SMILES string of the molecule is CCC#CC[C@@H](C)C(=O)CP(C)(=O)OC. The minimum Gasteiger partial charge on any atom is -0.332 e. The molecule has 0 aromatic rings. The summed E-state index contributed by atoms with van der Waals surface area (Å²) in [7, 11) is -1.35. The Balaban J connectivity index is 4.16. The third kappa shape index (κ3) is 6.49. The Morgan fingerprint density at radius 2 is 2.07 bits per heavy atom. The van der Waals surface area contributed by atoms with Crippen molar-refractivity contribution in [2.75, 3.05) is 19.9 Å². The van der Waals surface area contributed by atoms with Crippen LogP contribution in [0, 0.1) is 17.8 Å². The third-order valence-corrected chi connectivity index (χ3v) is 3.75. The Labute approximate surface area is 92.0 Å². The molecule has 2 atom stereocenters. The van der Waals surface area contributed by atoms with Crippen molar-refractivity contribution in [2.24, 2.45) is 5.92 Å². The lowest BCUT2D eigenvalue weighted by atomic mass is 10.0. The molecule has 0 amide bonds. The molecule has 0 saturated carbocycles. The van der Waals surface area contributed by atoms with Crippen LogP contribution < -0.4 is 0 Å². The molecular weight excluding hydrogens is 211 g/mol. The summed E-state index contributed by atoms with van der Waals surface area (Å²) in [6, 6.07) is 0. The van der Waals surface area contributed by atoms with Gasteiger partial charge in [0, 0.05) is 32.5 Å². The molecule has 0 saturated heterocycles. The molecule has 0 fully saturated rings. The first-order valence-corrected chi connectivity index (χ1v) is 7.29. The standard InChI is InChI=1S/C11H19O3P/c1-5-6-7-8-10(2)11(12)9-15(4,13)14-3/h10H,5,8-9H2,1-4H3/t10-,15?/m1/s1. The molecule has 15 heavy (non-hydrogen) atoms. The van der Waals surface area contributed by atoms with E-state index < -0.39 is 7.37 Å². The summed E-state index contributed by atoms with van der Waals surface area (Å²) in [6.07, 6.45) is 1.35. The van der Waals surface area contributed by atoms with Gasteiger partial charge in [0.05, 0.1) is 6.16 Å². The molecule has 0 rings (SSSR count). The second kappa shape index (κ2) is 6.82. The van der Waals surface area contributed by atoms with Gasteiger partial charge in [-0.2, -0.15) is 0 Å². The Kier molecular flexibility index (Phi) is 6.56. The highest BCUT2D eigenvalue weighted by Gasteiger charge is 2.22. The molecule has 0 aromatic heterocycles. The van der Waals surface area contributed by atoms with Gasteiger partial charge in [-0.3, -0.25) is 9.36 Å². The molecule has 1 unspecified atom stereocenters. The molecule has 86 valence electrons. The van der Waals surface area contributed by atoms with E-state index in [0.29, 0.717) is 6.42 Å². The van der Waals surface area contributed by atoms with Crippen LogP contribution in [-0.4, -0.2) is 25.7 Å². The van der Waals surface area contributed by atoms with Crippen LogP contribution >= 0.6 is 7.37 Å². The van der Waals surface area contributed by atoms with Crippen molar-refractivity contribution in [1.82, 2.24) is 0 Å². The average Bonchev–Trinajstić information content (AvgIpc) is 2.17. The van der Waals surface area contributed by atoms with E-state index in [9.17, 15) is 9.36 Å². The van der Waals surface area contributed by atoms with Gasteiger partial charge in [-0.05, 0) is 0 Å². The maximum Gasteiger partial charge on any atom is 0.207 e. The number of Topliss-reactive ketones (excluding diaryl/α,β-unsaturated/α-hetero) is 1. The predicted octanol–water partition coefficient (Wildman–Crippen LogP) is 2.55. The van der Waals surface area contributed by atoms with Crippen molar-refractivity contribution in [1.29, 1.82) is 0 Å². The van der Waals surface area contributed by atoms with E-state index in [1.165, 1.54) is 13.8 Å².